The van der Waals surface area contributed by atoms with Crippen molar-refractivity contribution in [2.75, 3.05) is 26.2 Å². The highest BCUT2D eigenvalue weighted by Gasteiger charge is 2.00. The molecular weight excluding hydrogens is 240 g/mol. The molecule has 4 heteroatoms. The number of nitrogens with one attached hydrogen (secondary N) is 2. The van der Waals surface area contributed by atoms with Crippen LogP contribution in [0.4, 0.5) is 0 Å². The molecular formula is C15H24N2O2. The number of ether oxygens (including phenoxy) is 1. The van der Waals surface area contributed by atoms with Gasteiger partial charge < -0.3 is 15.4 Å². The Labute approximate surface area is 115 Å². The number of hydrogen-bond acceptors (Lipinski definition) is 3. The summed E-state index contributed by atoms with van der Waals surface area (Å²) in [5, 5.41) is 6.12. The van der Waals surface area contributed by atoms with E-state index in [0.29, 0.717) is 19.6 Å². The van der Waals surface area contributed by atoms with Crippen LogP contribution in [0, 0.1) is 0 Å². The zero-order valence-corrected chi connectivity index (χ0v) is 11.7. The van der Waals surface area contributed by atoms with Crippen molar-refractivity contribution >= 4 is 5.91 Å². The van der Waals surface area contributed by atoms with E-state index in [0.717, 1.165) is 31.7 Å². The maximum atomic E-state index is 11.5. The summed E-state index contributed by atoms with van der Waals surface area (Å²) >= 11 is 0. The van der Waals surface area contributed by atoms with Crippen LogP contribution in [0.2, 0.25) is 0 Å². The van der Waals surface area contributed by atoms with Crippen molar-refractivity contribution in [1.29, 1.82) is 0 Å². The highest BCUT2D eigenvalue weighted by Crippen LogP contribution is 2.08. The van der Waals surface area contributed by atoms with Crippen LogP contribution in [0.3, 0.4) is 0 Å². The van der Waals surface area contributed by atoms with Crippen molar-refractivity contribution in [1.82, 2.24) is 10.6 Å². The number of benzene rings is 1. The van der Waals surface area contributed by atoms with Crippen molar-refractivity contribution in [3.63, 3.8) is 0 Å². The molecule has 0 bridgehead atoms. The molecule has 1 aromatic rings. The van der Waals surface area contributed by atoms with Crippen molar-refractivity contribution in [2.45, 2.75) is 26.2 Å². The van der Waals surface area contributed by atoms with Gasteiger partial charge in [0.1, 0.15) is 5.75 Å². The summed E-state index contributed by atoms with van der Waals surface area (Å²) in [6.45, 7) is 5.23. The van der Waals surface area contributed by atoms with E-state index in [1.165, 1.54) is 0 Å². The SMILES string of the molecule is CCCNCCNC(=O)CCCOc1ccccc1. The van der Waals surface area contributed by atoms with Crippen LogP contribution in [0.25, 0.3) is 0 Å². The quantitative estimate of drug-likeness (QED) is 0.635. The van der Waals surface area contributed by atoms with E-state index >= 15 is 0 Å². The average molecular weight is 264 g/mol. The molecule has 0 aliphatic carbocycles. The maximum absolute atomic E-state index is 11.5. The van der Waals surface area contributed by atoms with Gasteiger partial charge in [-0.3, -0.25) is 4.79 Å². The first kappa shape index (κ1) is 15.5. The van der Waals surface area contributed by atoms with Crippen LogP contribution in [-0.2, 0) is 4.79 Å². The number of carbonyl (C=O) groups is 1. The van der Waals surface area contributed by atoms with E-state index in [1.807, 2.05) is 30.3 Å². The maximum Gasteiger partial charge on any atom is 0.220 e. The van der Waals surface area contributed by atoms with E-state index in [-0.39, 0.29) is 5.91 Å². The normalized spacial score (nSPS) is 10.2. The zero-order valence-electron chi connectivity index (χ0n) is 11.7. The number of amides is 1. The van der Waals surface area contributed by atoms with E-state index < -0.39 is 0 Å². The van der Waals surface area contributed by atoms with Crippen molar-refractivity contribution in [2.24, 2.45) is 0 Å². The lowest BCUT2D eigenvalue weighted by Crippen LogP contribution is -2.32. The van der Waals surface area contributed by atoms with Crippen LogP contribution >= 0.6 is 0 Å². The molecule has 0 aromatic heterocycles. The molecule has 0 atom stereocenters. The Bertz CT molecular complexity index is 341. The molecule has 0 unspecified atom stereocenters. The molecule has 4 nitrogen and oxygen atoms in total. The summed E-state index contributed by atoms with van der Waals surface area (Å²) in [5.41, 5.74) is 0. The third-order valence-corrected chi connectivity index (χ3v) is 2.61. The third-order valence-electron chi connectivity index (χ3n) is 2.61. The Hall–Kier alpha value is -1.55. The Morgan fingerprint density at radius 1 is 1.16 bits per heavy atom. The monoisotopic (exact) mass is 264 g/mol. The molecule has 0 saturated heterocycles. The Morgan fingerprint density at radius 3 is 2.68 bits per heavy atom. The highest BCUT2D eigenvalue weighted by molar-refractivity contribution is 5.75. The molecule has 1 rings (SSSR count). The van der Waals surface area contributed by atoms with Crippen LogP contribution in [0.5, 0.6) is 5.75 Å². The number of hydrogen-bond donors (Lipinski definition) is 2. The van der Waals surface area contributed by atoms with Crippen LogP contribution in [0.1, 0.15) is 26.2 Å². The van der Waals surface area contributed by atoms with Crippen LogP contribution < -0.4 is 15.4 Å². The minimum atomic E-state index is 0.0926. The Morgan fingerprint density at radius 2 is 1.95 bits per heavy atom. The molecule has 2 N–H and O–H groups in total. The molecule has 0 aliphatic rings. The van der Waals surface area contributed by atoms with Crippen LogP contribution in [0.15, 0.2) is 30.3 Å². The Balaban J connectivity index is 1.95. The van der Waals surface area contributed by atoms with Gasteiger partial charge in [0.05, 0.1) is 6.61 Å². The van der Waals surface area contributed by atoms with Gasteiger partial charge in [-0.05, 0) is 31.5 Å². The van der Waals surface area contributed by atoms with Gasteiger partial charge in [0, 0.05) is 19.5 Å². The lowest BCUT2D eigenvalue weighted by Gasteiger charge is -2.07. The van der Waals surface area contributed by atoms with Gasteiger partial charge in [-0.25, -0.2) is 0 Å². The standard InChI is InChI=1S/C15H24N2O2/c1-2-10-16-11-12-17-15(18)9-6-13-19-14-7-4-3-5-8-14/h3-5,7-8,16H,2,6,9-13H2,1H3,(H,17,18). The fourth-order valence-corrected chi connectivity index (χ4v) is 1.62. The van der Waals surface area contributed by atoms with E-state index in [9.17, 15) is 4.79 Å². The van der Waals surface area contributed by atoms with Gasteiger partial charge >= 0.3 is 0 Å². The summed E-state index contributed by atoms with van der Waals surface area (Å²) in [7, 11) is 0. The van der Waals surface area contributed by atoms with Gasteiger partial charge in [0.15, 0.2) is 0 Å². The summed E-state index contributed by atoms with van der Waals surface area (Å²) in [6.07, 6.45) is 2.37. The van der Waals surface area contributed by atoms with E-state index in [1.54, 1.807) is 0 Å². The molecule has 1 aromatic carbocycles. The van der Waals surface area contributed by atoms with Crippen LogP contribution in [-0.4, -0.2) is 32.1 Å². The first-order valence-electron chi connectivity index (χ1n) is 6.98. The number of rotatable bonds is 10. The number of para-hydroxylation sites is 1. The highest BCUT2D eigenvalue weighted by atomic mass is 16.5. The van der Waals surface area contributed by atoms with E-state index in [4.69, 9.17) is 4.74 Å². The molecule has 0 saturated carbocycles. The van der Waals surface area contributed by atoms with Gasteiger partial charge in [-0.15, -0.1) is 0 Å². The Kier molecular flexibility index (Phi) is 8.47. The minimum Gasteiger partial charge on any atom is -0.494 e. The zero-order chi connectivity index (χ0) is 13.8. The lowest BCUT2D eigenvalue weighted by molar-refractivity contribution is -0.121. The van der Waals surface area contributed by atoms with Gasteiger partial charge in [0.25, 0.3) is 0 Å². The molecule has 0 radical (unpaired) electrons. The predicted molar refractivity (Wildman–Crippen MR) is 77.3 cm³/mol. The van der Waals surface area contributed by atoms with Gasteiger partial charge in [-0.1, -0.05) is 25.1 Å². The molecule has 0 heterocycles. The minimum absolute atomic E-state index is 0.0926. The molecule has 0 aliphatic heterocycles. The second-order valence-corrected chi connectivity index (χ2v) is 4.37. The largest absolute Gasteiger partial charge is 0.494 e. The molecule has 106 valence electrons. The molecule has 19 heavy (non-hydrogen) atoms. The first-order valence-corrected chi connectivity index (χ1v) is 6.98. The topological polar surface area (TPSA) is 50.4 Å². The summed E-state index contributed by atoms with van der Waals surface area (Å²) in [5.74, 6) is 0.946. The van der Waals surface area contributed by atoms with Crippen molar-refractivity contribution in [3.8, 4) is 5.75 Å². The summed E-state index contributed by atoms with van der Waals surface area (Å²) in [6, 6.07) is 9.66. The first-order chi connectivity index (χ1) is 9.33. The van der Waals surface area contributed by atoms with Crippen molar-refractivity contribution in [3.05, 3.63) is 30.3 Å². The fourth-order valence-electron chi connectivity index (χ4n) is 1.62. The second kappa shape index (κ2) is 10.4. The summed E-state index contributed by atoms with van der Waals surface area (Å²) < 4.78 is 5.52. The second-order valence-electron chi connectivity index (χ2n) is 4.37. The smallest absolute Gasteiger partial charge is 0.220 e. The van der Waals surface area contributed by atoms with Gasteiger partial charge in [0.2, 0.25) is 5.91 Å². The third kappa shape index (κ3) is 8.21. The molecule has 1 amide bonds. The molecule has 0 spiro atoms. The fraction of sp³-hybridized carbons (Fsp3) is 0.533. The predicted octanol–water partition coefficient (Wildman–Crippen LogP) is 1.96. The molecule has 0 fully saturated rings. The van der Waals surface area contributed by atoms with Gasteiger partial charge in [-0.2, -0.15) is 0 Å². The van der Waals surface area contributed by atoms with E-state index in [2.05, 4.69) is 17.6 Å². The lowest BCUT2D eigenvalue weighted by atomic mass is 10.3. The average Bonchev–Trinajstić information content (AvgIpc) is 2.44. The number of carbonyl (C=O) groups excluding carboxylic acids is 1. The van der Waals surface area contributed by atoms with Crippen molar-refractivity contribution < 1.29 is 9.53 Å². The summed E-state index contributed by atoms with van der Waals surface area (Å²) in [4.78, 5) is 11.5.